The number of benzene rings is 4. The van der Waals surface area contributed by atoms with Crippen LogP contribution in [0.15, 0.2) is 107 Å². The first-order valence-electron chi connectivity index (χ1n) is 12.5. The molecule has 5 aromatic rings. The zero-order chi connectivity index (χ0) is 27.1. The maximum Gasteiger partial charge on any atom is 0.274 e. The monoisotopic (exact) mass is 519 g/mol. The number of hydrogen-bond acceptors (Lipinski definition) is 3. The summed E-state index contributed by atoms with van der Waals surface area (Å²) in [4.78, 5) is 30.2. The highest BCUT2D eigenvalue weighted by molar-refractivity contribution is 6.13. The van der Waals surface area contributed by atoms with Gasteiger partial charge in [0.1, 0.15) is 11.6 Å². The number of pyridine rings is 1. The number of carbonyl (C=O) groups excluding carboxylic acids is 1. The molecular formula is C32H23F2N3O2. The van der Waals surface area contributed by atoms with Crippen molar-refractivity contribution in [3.05, 3.63) is 141 Å². The standard InChI is InChI=1S/C32H23F2N3O2/c1-19-9-11-21(12-10-19)29-25-7-2-3-8-26(25)35-31(38)30(29)27-18-28(20-13-15-23(33)16-14-20)37(36-27)32(39)22-5-4-6-24(34)17-22/h2-17,28H,18H2,1H3,(H,35,38). The quantitative estimate of drug-likeness (QED) is 0.285. The van der Waals surface area contributed by atoms with Gasteiger partial charge in [0.05, 0.1) is 17.3 Å². The molecule has 0 saturated heterocycles. The van der Waals surface area contributed by atoms with E-state index in [0.717, 1.165) is 22.6 Å². The number of amides is 1. The number of aromatic amines is 1. The SMILES string of the molecule is Cc1ccc(-c2c(C3=NN(C(=O)c4cccc(F)c4)C(c4ccc(F)cc4)C3)c(=O)[nH]c3ccccc23)cc1. The van der Waals surface area contributed by atoms with E-state index < -0.39 is 23.6 Å². The van der Waals surface area contributed by atoms with Crippen molar-refractivity contribution in [2.24, 2.45) is 5.10 Å². The summed E-state index contributed by atoms with van der Waals surface area (Å²) in [6.45, 7) is 1.99. The molecule has 1 atom stereocenters. The van der Waals surface area contributed by atoms with Gasteiger partial charge in [-0.25, -0.2) is 13.8 Å². The van der Waals surface area contributed by atoms with Gasteiger partial charge in [-0.3, -0.25) is 9.59 Å². The third-order valence-corrected chi connectivity index (χ3v) is 7.00. The van der Waals surface area contributed by atoms with Crippen LogP contribution in [0.3, 0.4) is 0 Å². The van der Waals surface area contributed by atoms with E-state index in [-0.39, 0.29) is 17.5 Å². The van der Waals surface area contributed by atoms with Crippen LogP contribution in [0, 0.1) is 18.6 Å². The van der Waals surface area contributed by atoms with Crippen LogP contribution in [0.25, 0.3) is 22.0 Å². The molecule has 6 rings (SSSR count). The Morgan fingerprint density at radius 2 is 1.62 bits per heavy atom. The predicted octanol–water partition coefficient (Wildman–Crippen LogP) is 6.77. The van der Waals surface area contributed by atoms with Crippen LogP contribution in [-0.4, -0.2) is 21.6 Å². The molecule has 0 radical (unpaired) electrons. The lowest BCUT2D eigenvalue weighted by molar-refractivity contribution is 0.0710. The zero-order valence-electron chi connectivity index (χ0n) is 21.0. The van der Waals surface area contributed by atoms with E-state index >= 15 is 0 Å². The van der Waals surface area contributed by atoms with Gasteiger partial charge in [0.15, 0.2) is 0 Å². The lowest BCUT2D eigenvalue weighted by atomic mass is 9.90. The number of aromatic nitrogens is 1. The Hall–Kier alpha value is -4.91. The van der Waals surface area contributed by atoms with Crippen molar-refractivity contribution in [2.75, 3.05) is 0 Å². The summed E-state index contributed by atoms with van der Waals surface area (Å²) in [6.07, 6.45) is 0.215. The molecule has 0 fully saturated rings. The molecule has 1 unspecified atom stereocenters. The molecule has 5 nitrogen and oxygen atoms in total. The molecular weight excluding hydrogens is 496 g/mol. The second-order valence-electron chi connectivity index (χ2n) is 9.59. The Morgan fingerprint density at radius 1 is 0.872 bits per heavy atom. The fraction of sp³-hybridized carbons (Fsp3) is 0.0938. The van der Waals surface area contributed by atoms with Crippen LogP contribution in [0.5, 0.6) is 0 Å². The van der Waals surface area contributed by atoms with Crippen molar-refractivity contribution < 1.29 is 13.6 Å². The second-order valence-corrected chi connectivity index (χ2v) is 9.59. The molecule has 1 aliphatic rings. The minimum atomic E-state index is -0.617. The van der Waals surface area contributed by atoms with Crippen LogP contribution < -0.4 is 5.56 Å². The first kappa shape index (κ1) is 24.4. The van der Waals surface area contributed by atoms with E-state index in [2.05, 4.69) is 10.1 Å². The first-order chi connectivity index (χ1) is 18.9. The van der Waals surface area contributed by atoms with E-state index in [1.165, 1.54) is 35.3 Å². The average molecular weight is 520 g/mol. The average Bonchev–Trinajstić information content (AvgIpc) is 3.37. The van der Waals surface area contributed by atoms with Gasteiger partial charge in [-0.2, -0.15) is 5.10 Å². The summed E-state index contributed by atoms with van der Waals surface area (Å²) in [5.41, 5.74) is 4.53. The lowest BCUT2D eigenvalue weighted by Crippen LogP contribution is -2.27. The number of aryl methyl sites for hydroxylation is 1. The zero-order valence-corrected chi connectivity index (χ0v) is 21.0. The van der Waals surface area contributed by atoms with Crippen LogP contribution >= 0.6 is 0 Å². The van der Waals surface area contributed by atoms with Crippen LogP contribution in [0.1, 0.15) is 39.5 Å². The van der Waals surface area contributed by atoms with Crippen molar-refractivity contribution in [2.45, 2.75) is 19.4 Å². The van der Waals surface area contributed by atoms with Crippen LogP contribution in [0.4, 0.5) is 8.78 Å². The van der Waals surface area contributed by atoms with Gasteiger partial charge in [-0.1, -0.05) is 66.2 Å². The Balaban J connectivity index is 1.56. The molecule has 0 bridgehead atoms. The fourth-order valence-electron chi connectivity index (χ4n) is 5.09. The minimum absolute atomic E-state index is 0.123. The summed E-state index contributed by atoms with van der Waals surface area (Å²) >= 11 is 0. The summed E-state index contributed by atoms with van der Waals surface area (Å²) in [5, 5.41) is 6.79. The molecule has 1 aliphatic heterocycles. The molecule has 0 aliphatic carbocycles. The number of fused-ring (bicyclic) bond motifs is 1. The number of nitrogens with zero attached hydrogens (tertiary/aromatic N) is 2. The molecule has 1 aromatic heterocycles. The van der Waals surface area contributed by atoms with Gasteiger partial charge >= 0.3 is 0 Å². The highest BCUT2D eigenvalue weighted by Gasteiger charge is 2.36. The molecule has 7 heteroatoms. The van der Waals surface area contributed by atoms with Gasteiger partial charge in [0.2, 0.25) is 0 Å². The molecule has 0 saturated carbocycles. The molecule has 0 spiro atoms. The predicted molar refractivity (Wildman–Crippen MR) is 148 cm³/mol. The molecule has 192 valence electrons. The Labute approximate surface area is 223 Å². The van der Waals surface area contributed by atoms with E-state index in [1.807, 2.05) is 55.5 Å². The molecule has 4 aromatic carbocycles. The number of hydrazone groups is 1. The summed E-state index contributed by atoms with van der Waals surface area (Å²) < 4.78 is 27.8. The maximum atomic E-state index is 14.0. The van der Waals surface area contributed by atoms with Gasteiger partial charge in [-0.15, -0.1) is 0 Å². The third kappa shape index (κ3) is 4.52. The van der Waals surface area contributed by atoms with Crippen molar-refractivity contribution in [3.63, 3.8) is 0 Å². The first-order valence-corrected chi connectivity index (χ1v) is 12.5. The number of nitrogens with one attached hydrogen (secondary N) is 1. The Morgan fingerprint density at radius 3 is 2.36 bits per heavy atom. The van der Waals surface area contributed by atoms with Crippen molar-refractivity contribution >= 4 is 22.5 Å². The highest BCUT2D eigenvalue weighted by atomic mass is 19.1. The number of carbonyl (C=O) groups is 1. The largest absolute Gasteiger partial charge is 0.321 e. The molecule has 1 amide bonds. The number of hydrogen-bond donors (Lipinski definition) is 1. The normalized spacial score (nSPS) is 15.0. The lowest BCUT2D eigenvalue weighted by Gasteiger charge is -2.22. The van der Waals surface area contributed by atoms with E-state index in [4.69, 9.17) is 0 Å². The van der Waals surface area contributed by atoms with Gasteiger partial charge in [0, 0.05) is 28.5 Å². The number of H-pyrrole nitrogens is 1. The topological polar surface area (TPSA) is 65.5 Å². The fourth-order valence-corrected chi connectivity index (χ4v) is 5.09. The van der Waals surface area contributed by atoms with Crippen LogP contribution in [-0.2, 0) is 0 Å². The number of para-hydroxylation sites is 1. The Bertz CT molecular complexity index is 1810. The maximum absolute atomic E-state index is 14.0. The van der Waals surface area contributed by atoms with Crippen LogP contribution in [0.2, 0.25) is 0 Å². The smallest absolute Gasteiger partial charge is 0.274 e. The van der Waals surface area contributed by atoms with E-state index in [9.17, 15) is 18.4 Å². The molecule has 39 heavy (non-hydrogen) atoms. The van der Waals surface area contributed by atoms with E-state index in [1.54, 1.807) is 12.1 Å². The van der Waals surface area contributed by atoms with Crippen molar-refractivity contribution in [1.29, 1.82) is 0 Å². The summed E-state index contributed by atoms with van der Waals surface area (Å²) in [5.74, 6) is -1.48. The molecule has 1 N–H and O–H groups in total. The highest BCUT2D eigenvalue weighted by Crippen LogP contribution is 2.37. The number of rotatable bonds is 4. The van der Waals surface area contributed by atoms with Crippen molar-refractivity contribution in [1.82, 2.24) is 9.99 Å². The van der Waals surface area contributed by atoms with Gasteiger partial charge < -0.3 is 4.98 Å². The van der Waals surface area contributed by atoms with Gasteiger partial charge in [-0.05, 0) is 54.4 Å². The van der Waals surface area contributed by atoms with Gasteiger partial charge in [0.25, 0.3) is 11.5 Å². The Kier molecular flexibility index (Phi) is 6.11. The summed E-state index contributed by atoms with van der Waals surface area (Å²) in [6, 6.07) is 26.0. The molecule has 2 heterocycles. The number of halogens is 2. The minimum Gasteiger partial charge on any atom is -0.321 e. The second kappa shape index (κ2) is 9.76. The summed E-state index contributed by atoms with van der Waals surface area (Å²) in [7, 11) is 0. The third-order valence-electron chi connectivity index (χ3n) is 7.00. The van der Waals surface area contributed by atoms with E-state index in [0.29, 0.717) is 27.9 Å². The van der Waals surface area contributed by atoms with Crippen molar-refractivity contribution in [3.8, 4) is 11.1 Å².